The van der Waals surface area contributed by atoms with Crippen LogP contribution in [0.1, 0.15) is 309 Å². The normalized spacial score (nSPS) is 14.2. The van der Waals surface area contributed by atoms with Gasteiger partial charge in [0.2, 0.25) is 5.91 Å². The molecule has 0 heterocycles. The Morgan fingerprint density at radius 3 is 1.11 bits per heavy atom. The number of amides is 1. The molecule has 3 unspecified atom stereocenters. The van der Waals surface area contributed by atoms with E-state index in [0.717, 1.165) is 77.0 Å². The highest BCUT2D eigenvalue weighted by Gasteiger charge is 2.23. The van der Waals surface area contributed by atoms with E-state index >= 15 is 0 Å². The van der Waals surface area contributed by atoms with Crippen molar-refractivity contribution in [1.82, 2.24) is 5.32 Å². The van der Waals surface area contributed by atoms with Gasteiger partial charge in [0.1, 0.15) is 13.2 Å². The van der Waals surface area contributed by atoms with Crippen LogP contribution >= 0.6 is 7.82 Å². The average Bonchev–Trinajstić information content (AvgIpc) is 3.42. The number of unbranched alkanes of at least 4 members (excludes halogenated alkanes) is 37. The van der Waals surface area contributed by atoms with Crippen LogP contribution in [0.4, 0.5) is 0 Å². The molecule has 0 fully saturated rings. The standard InChI is InChI=1S/C71H131N2O6P/c1-6-8-10-12-14-16-18-20-22-24-26-28-29-30-31-32-33-34-35-36-37-38-39-40-41-42-43-45-47-49-51-53-55-57-59-61-63-65-71(75)72-69(68-79-80(76,77)78-67-66-73(3,4)5)70(74)64-62-60-58-56-54-52-50-48-46-44-27-25-23-21-19-17-15-13-11-9-7-2/h8,10,14,16,20,22,26,28,30-31,33-34,62,64,69-70,74H,6-7,9,11-13,15,17-19,21,23-25,27,29,32,35-61,63,65-68H2,1-5H3,(H-,72,75,76,77)/b10-8-,16-14-,22-20-,28-26-,31-30-,34-33-,64-62+. The first kappa shape index (κ1) is 77.7. The molecule has 0 aromatic carbocycles. The SMILES string of the molecule is CC/C=C\C/C=C\C/C=C\C/C=C\C/C=C\C/C=C\CCCCCCCCCCCCCCCCCCCCC(=O)NC(COP(=O)([O-])OCC[N+](C)(C)C)C(O)/C=C/CCCCCCCCCCCCCCCCCCCCC. The smallest absolute Gasteiger partial charge is 0.268 e. The van der Waals surface area contributed by atoms with Crippen molar-refractivity contribution in [3.05, 3.63) is 85.1 Å². The molecule has 0 aliphatic heterocycles. The van der Waals surface area contributed by atoms with Crippen LogP contribution in [0.5, 0.6) is 0 Å². The Bertz CT molecular complexity index is 1580. The van der Waals surface area contributed by atoms with Gasteiger partial charge in [0, 0.05) is 6.42 Å². The molecule has 80 heavy (non-hydrogen) atoms. The van der Waals surface area contributed by atoms with Gasteiger partial charge in [0.05, 0.1) is 39.9 Å². The van der Waals surface area contributed by atoms with Gasteiger partial charge < -0.3 is 28.8 Å². The highest BCUT2D eigenvalue weighted by Crippen LogP contribution is 2.38. The van der Waals surface area contributed by atoms with E-state index in [1.165, 1.54) is 212 Å². The summed E-state index contributed by atoms with van der Waals surface area (Å²) in [6.45, 7) is 4.57. The second-order valence-corrected chi connectivity index (χ2v) is 25.6. The number of hydrogen-bond acceptors (Lipinski definition) is 6. The minimum absolute atomic E-state index is 0.00170. The number of phosphoric acid groups is 1. The first-order valence-corrected chi connectivity index (χ1v) is 35.4. The minimum atomic E-state index is -4.60. The lowest BCUT2D eigenvalue weighted by molar-refractivity contribution is -0.870. The van der Waals surface area contributed by atoms with Gasteiger partial charge in [0.15, 0.2) is 0 Å². The molecule has 0 aliphatic carbocycles. The maximum absolute atomic E-state index is 13.0. The van der Waals surface area contributed by atoms with Crippen LogP contribution in [0, 0.1) is 0 Å². The zero-order valence-electron chi connectivity index (χ0n) is 53.3. The van der Waals surface area contributed by atoms with Crippen LogP contribution in [0.3, 0.4) is 0 Å². The van der Waals surface area contributed by atoms with E-state index in [2.05, 4.69) is 92.1 Å². The monoisotopic (exact) mass is 1140 g/mol. The Hall–Kier alpha value is -2.32. The number of nitrogens with zero attached hydrogens (tertiary/aromatic N) is 1. The zero-order chi connectivity index (χ0) is 58.4. The van der Waals surface area contributed by atoms with Crippen LogP contribution in [0.15, 0.2) is 85.1 Å². The van der Waals surface area contributed by atoms with Gasteiger partial charge >= 0.3 is 0 Å². The molecule has 0 radical (unpaired) electrons. The average molecular weight is 1140 g/mol. The van der Waals surface area contributed by atoms with Gasteiger partial charge in [-0.2, -0.15) is 0 Å². The third-order valence-electron chi connectivity index (χ3n) is 15.1. The number of aliphatic hydroxyl groups is 1. The summed E-state index contributed by atoms with van der Waals surface area (Å²) < 4.78 is 23.4. The van der Waals surface area contributed by atoms with Crippen molar-refractivity contribution in [3.63, 3.8) is 0 Å². The van der Waals surface area contributed by atoms with E-state index in [1.54, 1.807) is 6.08 Å². The molecule has 0 aliphatic rings. The number of rotatable bonds is 62. The summed E-state index contributed by atoms with van der Waals surface area (Å²) >= 11 is 0. The molecule has 0 aromatic rings. The molecule has 1 amide bonds. The number of quaternary nitrogens is 1. The molecule has 9 heteroatoms. The molecule has 0 aromatic heterocycles. The van der Waals surface area contributed by atoms with Crippen LogP contribution in [-0.2, 0) is 18.4 Å². The van der Waals surface area contributed by atoms with Crippen molar-refractivity contribution in [3.8, 4) is 0 Å². The molecule has 0 spiro atoms. The predicted molar refractivity (Wildman–Crippen MR) is 348 cm³/mol. The van der Waals surface area contributed by atoms with Gasteiger partial charge in [-0.15, -0.1) is 0 Å². The van der Waals surface area contributed by atoms with Crippen molar-refractivity contribution < 1.29 is 32.9 Å². The van der Waals surface area contributed by atoms with Gasteiger partial charge in [-0.05, 0) is 70.6 Å². The van der Waals surface area contributed by atoms with E-state index < -0.39 is 20.0 Å². The first-order valence-electron chi connectivity index (χ1n) is 33.9. The molecule has 0 saturated heterocycles. The highest BCUT2D eigenvalue weighted by atomic mass is 31.2. The Kier molecular flexibility index (Phi) is 59.5. The third kappa shape index (κ3) is 63.3. The molecular weight excluding hydrogens is 1010 g/mol. The molecule has 466 valence electrons. The lowest BCUT2D eigenvalue weighted by atomic mass is 10.0. The lowest BCUT2D eigenvalue weighted by Crippen LogP contribution is -2.45. The summed E-state index contributed by atoms with van der Waals surface area (Å²) in [6, 6.07) is -0.890. The maximum Gasteiger partial charge on any atom is 0.268 e. The summed E-state index contributed by atoms with van der Waals surface area (Å²) in [5.41, 5.74) is 0. The van der Waals surface area contributed by atoms with E-state index in [1.807, 2.05) is 27.2 Å². The molecule has 0 saturated carbocycles. The number of carbonyl (C=O) groups is 1. The number of nitrogens with one attached hydrogen (secondary N) is 1. The van der Waals surface area contributed by atoms with Gasteiger partial charge in [-0.25, -0.2) is 0 Å². The number of phosphoric ester groups is 1. The van der Waals surface area contributed by atoms with Gasteiger partial charge in [-0.3, -0.25) is 9.36 Å². The van der Waals surface area contributed by atoms with E-state index in [-0.39, 0.29) is 19.1 Å². The van der Waals surface area contributed by atoms with Crippen molar-refractivity contribution >= 4 is 13.7 Å². The number of aliphatic hydroxyl groups excluding tert-OH is 1. The Morgan fingerprint density at radius 1 is 0.450 bits per heavy atom. The fourth-order valence-electron chi connectivity index (χ4n) is 9.87. The van der Waals surface area contributed by atoms with Gasteiger partial charge in [-0.1, -0.05) is 317 Å². The van der Waals surface area contributed by atoms with Crippen molar-refractivity contribution in [2.45, 2.75) is 321 Å². The molecule has 2 N–H and O–H groups in total. The highest BCUT2D eigenvalue weighted by molar-refractivity contribution is 7.45. The third-order valence-corrected chi connectivity index (χ3v) is 16.1. The number of carbonyl (C=O) groups excluding carboxylic acids is 1. The summed E-state index contributed by atoms with van der Waals surface area (Å²) in [6.07, 6.45) is 86.9. The molecule has 3 atom stereocenters. The van der Waals surface area contributed by atoms with Crippen LogP contribution in [0.25, 0.3) is 0 Å². The van der Waals surface area contributed by atoms with Crippen LogP contribution in [-0.4, -0.2) is 68.5 Å². The maximum atomic E-state index is 13.0. The number of allylic oxidation sites excluding steroid dienone is 13. The quantitative estimate of drug-likeness (QED) is 0.0272. The second-order valence-electron chi connectivity index (χ2n) is 24.2. The number of hydrogen-bond donors (Lipinski definition) is 2. The van der Waals surface area contributed by atoms with Crippen molar-refractivity contribution in [2.75, 3.05) is 40.9 Å². The zero-order valence-corrected chi connectivity index (χ0v) is 54.2. The van der Waals surface area contributed by atoms with Gasteiger partial charge in [0.25, 0.3) is 7.82 Å². The Morgan fingerprint density at radius 2 is 0.762 bits per heavy atom. The van der Waals surface area contributed by atoms with Crippen molar-refractivity contribution in [2.24, 2.45) is 0 Å². The van der Waals surface area contributed by atoms with Crippen LogP contribution in [0.2, 0.25) is 0 Å². The summed E-state index contributed by atoms with van der Waals surface area (Å²) in [7, 11) is 1.27. The van der Waals surface area contributed by atoms with E-state index in [4.69, 9.17) is 9.05 Å². The summed E-state index contributed by atoms with van der Waals surface area (Å²) in [4.78, 5) is 25.6. The topological polar surface area (TPSA) is 108 Å². The summed E-state index contributed by atoms with van der Waals surface area (Å²) in [5, 5.41) is 13.9. The van der Waals surface area contributed by atoms with E-state index in [0.29, 0.717) is 17.4 Å². The van der Waals surface area contributed by atoms with Crippen molar-refractivity contribution in [1.29, 1.82) is 0 Å². The fourth-order valence-corrected chi connectivity index (χ4v) is 10.6. The van der Waals surface area contributed by atoms with Crippen LogP contribution < -0.4 is 10.2 Å². The minimum Gasteiger partial charge on any atom is -0.756 e. The second kappa shape index (κ2) is 61.2. The fraction of sp³-hybridized carbons (Fsp3) is 0.789. The molecule has 8 nitrogen and oxygen atoms in total. The molecule has 0 bridgehead atoms. The summed E-state index contributed by atoms with van der Waals surface area (Å²) in [5.74, 6) is -0.194. The number of likely N-dealkylation sites (N-methyl/N-ethyl adjacent to an activating group) is 1. The predicted octanol–water partition coefficient (Wildman–Crippen LogP) is 20.9. The molecule has 0 rings (SSSR count). The largest absolute Gasteiger partial charge is 0.756 e. The Balaban J connectivity index is 4.03. The first-order chi connectivity index (χ1) is 39.0. The lowest BCUT2D eigenvalue weighted by Gasteiger charge is -2.29. The van der Waals surface area contributed by atoms with E-state index in [9.17, 15) is 19.4 Å². The Labute approximate surface area is 497 Å². The molecular formula is C71H131N2O6P.